The van der Waals surface area contributed by atoms with Gasteiger partial charge in [-0.15, -0.1) is 11.3 Å². The summed E-state index contributed by atoms with van der Waals surface area (Å²) in [6.07, 6.45) is 4.79. The molecule has 1 heterocycles. The Labute approximate surface area is 283 Å². The Balaban J connectivity index is 2.33. The summed E-state index contributed by atoms with van der Waals surface area (Å²) >= 11 is 1.19. The van der Waals surface area contributed by atoms with Gasteiger partial charge in [0.15, 0.2) is 6.10 Å². The molecule has 2 aromatic rings. The van der Waals surface area contributed by atoms with E-state index in [1.165, 1.54) is 23.3 Å². The van der Waals surface area contributed by atoms with Gasteiger partial charge in [-0.3, -0.25) is 24.0 Å². The number of nitrogens with zero attached hydrogens (tertiary/aromatic N) is 2. The highest BCUT2D eigenvalue weighted by atomic mass is 32.1. The number of carbonyl (C=O) groups excluding carboxylic acids is 3. The molecule has 0 aliphatic carbocycles. The summed E-state index contributed by atoms with van der Waals surface area (Å²) < 4.78 is 5.73. The monoisotopic (exact) mass is 674 g/mol. The Kier molecular flexibility index (Phi) is 16.3. The summed E-state index contributed by atoms with van der Waals surface area (Å²) in [7, 11) is 0. The summed E-state index contributed by atoms with van der Waals surface area (Å²) in [5.41, 5.74) is 6.37. The number of rotatable bonds is 21. The van der Waals surface area contributed by atoms with Gasteiger partial charge in [0.2, 0.25) is 5.91 Å². The number of carboxylic acid groups (broad SMARTS) is 1. The highest BCUT2D eigenvalue weighted by molar-refractivity contribution is 7.09. The molecule has 2 amide bonds. The third-order valence-corrected chi connectivity index (χ3v) is 8.90. The highest BCUT2D eigenvalue weighted by Gasteiger charge is 2.34. The number of nitrogen functional groups attached to an aromatic ring is 1. The number of amides is 2. The van der Waals surface area contributed by atoms with Gasteiger partial charge in [0, 0.05) is 36.9 Å². The minimum absolute atomic E-state index is 0.0285. The molecule has 0 aliphatic rings. The number of nitrogens with two attached hydrogens (primary N) is 1. The second-order valence-electron chi connectivity index (χ2n) is 13.1. The lowest BCUT2D eigenvalue weighted by Crippen LogP contribution is -2.44. The van der Waals surface area contributed by atoms with Gasteiger partial charge in [0.1, 0.15) is 10.7 Å². The molecule has 3 atom stereocenters. The topological polar surface area (TPSA) is 161 Å². The Morgan fingerprint density at radius 1 is 1.06 bits per heavy atom. The van der Waals surface area contributed by atoms with E-state index >= 15 is 0 Å². The third-order valence-electron chi connectivity index (χ3n) is 7.97. The van der Waals surface area contributed by atoms with Gasteiger partial charge in [-0.25, -0.2) is 10.0 Å². The molecule has 3 unspecified atom stereocenters. The smallest absolute Gasteiger partial charge is 0.309 e. The molecule has 12 heteroatoms. The number of hydrogen-bond acceptors (Lipinski definition) is 9. The third kappa shape index (κ3) is 13.3. The minimum atomic E-state index is -1.09. The lowest BCUT2D eigenvalue weighted by molar-refractivity contribution is -0.210. The van der Waals surface area contributed by atoms with Crippen molar-refractivity contribution >= 4 is 40.8 Å². The van der Waals surface area contributed by atoms with Crippen LogP contribution in [-0.2, 0) is 30.4 Å². The normalized spacial score (nSPS) is 13.5. The number of carboxylic acids is 1. The molecule has 4 N–H and O–H groups in total. The fourth-order valence-electron chi connectivity index (χ4n) is 5.18. The highest BCUT2D eigenvalue weighted by Crippen LogP contribution is 2.32. The van der Waals surface area contributed by atoms with Crippen LogP contribution in [0, 0.1) is 11.3 Å². The van der Waals surface area contributed by atoms with Crippen molar-refractivity contribution in [3.05, 3.63) is 45.9 Å². The van der Waals surface area contributed by atoms with Crippen LogP contribution in [0.2, 0.25) is 0 Å². The van der Waals surface area contributed by atoms with Gasteiger partial charge in [-0.2, -0.15) is 0 Å². The Bertz CT molecular complexity index is 1300. The molecule has 0 radical (unpaired) electrons. The summed E-state index contributed by atoms with van der Waals surface area (Å²) in [5, 5.41) is 16.2. The van der Waals surface area contributed by atoms with E-state index in [0.29, 0.717) is 30.1 Å². The van der Waals surface area contributed by atoms with Crippen LogP contribution < -0.4 is 11.1 Å². The number of carbonyl (C=O) groups is 4. The summed E-state index contributed by atoms with van der Waals surface area (Å²) in [6.45, 7) is 13.1. The van der Waals surface area contributed by atoms with Crippen LogP contribution in [0.25, 0.3) is 0 Å². The number of aliphatic carboxylic acids is 1. The van der Waals surface area contributed by atoms with E-state index in [1.54, 1.807) is 31.4 Å². The number of unbranched alkanes of at least 4 members (excludes halogenated alkanes) is 3. The zero-order valence-corrected chi connectivity index (χ0v) is 29.9. The van der Waals surface area contributed by atoms with E-state index < -0.39 is 41.4 Å². The fourth-order valence-corrected chi connectivity index (χ4v) is 6.02. The second-order valence-corrected chi connectivity index (χ2v) is 14.0. The molecule has 0 saturated carbocycles. The van der Waals surface area contributed by atoms with Gasteiger partial charge < -0.3 is 20.9 Å². The average molecular weight is 675 g/mol. The molecule has 2 rings (SSSR count). The largest absolute Gasteiger partial charge is 0.481 e. The number of esters is 1. The zero-order valence-electron chi connectivity index (χ0n) is 29.0. The molecule has 262 valence electrons. The van der Waals surface area contributed by atoms with E-state index in [9.17, 15) is 24.3 Å². The summed E-state index contributed by atoms with van der Waals surface area (Å²) in [6, 6.07) is 6.30. The van der Waals surface area contributed by atoms with Gasteiger partial charge >= 0.3 is 11.9 Å². The molecule has 0 aliphatic heterocycles. The number of hydroxylamine groups is 2. The van der Waals surface area contributed by atoms with Crippen LogP contribution in [0.1, 0.15) is 127 Å². The first-order chi connectivity index (χ1) is 22.2. The van der Waals surface area contributed by atoms with Gasteiger partial charge in [-0.05, 0) is 63.1 Å². The number of thiazole rings is 1. The quantitative estimate of drug-likeness (QED) is 0.0564. The fraction of sp³-hybridized carbons (Fsp3) is 0.629. The van der Waals surface area contributed by atoms with Crippen molar-refractivity contribution in [3.8, 4) is 0 Å². The minimum Gasteiger partial charge on any atom is -0.481 e. The predicted molar refractivity (Wildman–Crippen MR) is 184 cm³/mol. The molecule has 1 aromatic heterocycles. The molecule has 0 bridgehead atoms. The summed E-state index contributed by atoms with van der Waals surface area (Å²) in [5.74, 6) is -2.08. The van der Waals surface area contributed by atoms with E-state index in [2.05, 4.69) is 17.2 Å². The standard InChI is InChI=1S/C35H54N4O7S/c1-8-10-12-18-45-39(31(41)13-11-9-2)29(23(3)4)20-30(46-24(5)40)33-38-28(22-47-33)32(42)37-27(21-35(6,7)34(43)44)19-25-14-16-26(36)17-15-25/h14-17,22-23,27,29-30H,8-13,18-21,36H2,1-7H3,(H,37,42)(H,43,44). The van der Waals surface area contributed by atoms with Crippen molar-refractivity contribution in [3.63, 3.8) is 0 Å². The first-order valence-electron chi connectivity index (χ1n) is 16.6. The molecular weight excluding hydrogens is 620 g/mol. The molecule has 0 spiro atoms. The summed E-state index contributed by atoms with van der Waals surface area (Å²) in [4.78, 5) is 61.6. The molecular formula is C35H54N4O7S. The van der Waals surface area contributed by atoms with Crippen molar-refractivity contribution in [2.75, 3.05) is 12.3 Å². The van der Waals surface area contributed by atoms with E-state index in [4.69, 9.17) is 15.3 Å². The molecule has 1 aromatic carbocycles. The van der Waals surface area contributed by atoms with Crippen LogP contribution in [0.5, 0.6) is 0 Å². The lowest BCUT2D eigenvalue weighted by atomic mass is 9.84. The zero-order chi connectivity index (χ0) is 35.1. The van der Waals surface area contributed by atoms with Crippen LogP contribution in [0.3, 0.4) is 0 Å². The van der Waals surface area contributed by atoms with Crippen molar-refractivity contribution in [1.29, 1.82) is 0 Å². The van der Waals surface area contributed by atoms with Crippen LogP contribution in [0.15, 0.2) is 29.6 Å². The van der Waals surface area contributed by atoms with E-state index in [0.717, 1.165) is 37.7 Å². The molecule has 0 fully saturated rings. The van der Waals surface area contributed by atoms with Crippen LogP contribution >= 0.6 is 11.3 Å². The molecule has 47 heavy (non-hydrogen) atoms. The van der Waals surface area contributed by atoms with Gasteiger partial charge in [0.25, 0.3) is 5.91 Å². The number of nitrogens with one attached hydrogen (secondary N) is 1. The van der Waals surface area contributed by atoms with Crippen LogP contribution in [0.4, 0.5) is 5.69 Å². The van der Waals surface area contributed by atoms with Gasteiger partial charge in [-0.1, -0.05) is 59.1 Å². The number of benzene rings is 1. The first-order valence-corrected chi connectivity index (χ1v) is 17.5. The van der Waals surface area contributed by atoms with Crippen molar-refractivity contribution in [2.45, 2.75) is 124 Å². The van der Waals surface area contributed by atoms with Crippen molar-refractivity contribution < 1.29 is 33.9 Å². The lowest BCUT2D eigenvalue weighted by Gasteiger charge is -2.35. The van der Waals surface area contributed by atoms with Crippen LogP contribution in [-0.4, -0.2) is 57.6 Å². The van der Waals surface area contributed by atoms with Crippen molar-refractivity contribution in [1.82, 2.24) is 15.4 Å². The number of anilines is 1. The first kappa shape index (κ1) is 39.7. The maximum absolute atomic E-state index is 13.5. The maximum atomic E-state index is 13.5. The number of hydrogen-bond donors (Lipinski definition) is 3. The van der Waals surface area contributed by atoms with Gasteiger partial charge in [0.05, 0.1) is 18.1 Å². The Morgan fingerprint density at radius 3 is 2.30 bits per heavy atom. The predicted octanol–water partition coefficient (Wildman–Crippen LogP) is 6.73. The second kappa shape index (κ2) is 19.3. The Hall–Kier alpha value is -3.51. The Morgan fingerprint density at radius 2 is 1.72 bits per heavy atom. The molecule has 11 nitrogen and oxygen atoms in total. The average Bonchev–Trinajstić information content (AvgIpc) is 3.50. The van der Waals surface area contributed by atoms with Crippen molar-refractivity contribution in [2.24, 2.45) is 11.3 Å². The number of ether oxygens (including phenoxy) is 1. The molecule has 0 saturated heterocycles. The maximum Gasteiger partial charge on any atom is 0.309 e. The van der Waals surface area contributed by atoms with E-state index in [-0.39, 0.29) is 30.4 Å². The SMILES string of the molecule is CCCCCON(C(=O)CCCC)C(CC(OC(C)=O)c1nc(C(=O)NC(Cc2ccc(N)cc2)CC(C)(C)C(=O)O)cs1)C(C)C. The van der Waals surface area contributed by atoms with E-state index in [1.807, 2.05) is 32.9 Å². The number of aromatic nitrogens is 1.